The van der Waals surface area contributed by atoms with Gasteiger partial charge in [0, 0.05) is 5.02 Å². The first-order valence-electron chi connectivity index (χ1n) is 4.56. The van der Waals surface area contributed by atoms with Gasteiger partial charge in [0.05, 0.1) is 22.6 Å². The number of anilines is 3. The molecule has 0 amide bonds. The Morgan fingerprint density at radius 1 is 1.18 bits per heavy atom. The first-order chi connectivity index (χ1) is 8.06. The lowest BCUT2D eigenvalue weighted by molar-refractivity contribution is 1.17. The van der Waals surface area contributed by atoms with E-state index in [9.17, 15) is 0 Å². The molecule has 4 nitrogen and oxygen atoms in total. The molecule has 0 saturated heterocycles. The molecule has 0 fully saturated rings. The molecule has 0 unspecified atom stereocenters. The molecule has 2 rings (SSSR count). The molecule has 0 saturated carbocycles. The molecule has 0 spiro atoms. The van der Waals surface area contributed by atoms with Crippen LogP contribution in [0.4, 0.5) is 17.2 Å². The largest absolute Gasteiger partial charge is 0.394 e. The van der Waals surface area contributed by atoms with Crippen LogP contribution >= 0.6 is 34.8 Å². The van der Waals surface area contributed by atoms with Crippen molar-refractivity contribution in [2.75, 3.05) is 11.1 Å². The van der Waals surface area contributed by atoms with E-state index < -0.39 is 0 Å². The lowest BCUT2D eigenvalue weighted by Crippen LogP contribution is -2.01. The number of nitrogen functional groups attached to an aromatic ring is 1. The first-order valence-corrected chi connectivity index (χ1v) is 5.70. The molecule has 2 aromatic rings. The highest BCUT2D eigenvalue weighted by Gasteiger charge is 2.07. The van der Waals surface area contributed by atoms with Gasteiger partial charge >= 0.3 is 0 Å². The fourth-order valence-corrected chi connectivity index (χ4v) is 1.66. The molecule has 1 aromatic heterocycles. The van der Waals surface area contributed by atoms with Crippen molar-refractivity contribution < 1.29 is 0 Å². The third kappa shape index (κ3) is 2.91. The van der Waals surface area contributed by atoms with Crippen LogP contribution in [0.5, 0.6) is 0 Å². The summed E-state index contributed by atoms with van der Waals surface area (Å²) >= 11 is 17.5. The van der Waals surface area contributed by atoms with Crippen LogP contribution < -0.4 is 11.1 Å². The maximum atomic E-state index is 6.00. The van der Waals surface area contributed by atoms with Gasteiger partial charge in [-0.25, -0.2) is 4.98 Å². The maximum Gasteiger partial charge on any atom is 0.224 e. The van der Waals surface area contributed by atoms with Gasteiger partial charge in [0.15, 0.2) is 5.82 Å². The summed E-state index contributed by atoms with van der Waals surface area (Å²) in [5, 5.41) is 4.10. The minimum absolute atomic E-state index is 0.0971. The summed E-state index contributed by atoms with van der Waals surface area (Å²) in [4.78, 5) is 7.71. The number of nitrogens with one attached hydrogen (secondary N) is 1. The van der Waals surface area contributed by atoms with Gasteiger partial charge in [0.25, 0.3) is 0 Å². The van der Waals surface area contributed by atoms with Gasteiger partial charge in [-0.05, 0) is 29.8 Å². The predicted molar refractivity (Wildman–Crippen MR) is 71.2 cm³/mol. The highest BCUT2D eigenvalue weighted by atomic mass is 35.5. The number of rotatable bonds is 2. The van der Waals surface area contributed by atoms with E-state index in [0.29, 0.717) is 27.2 Å². The number of hydrogen-bond acceptors (Lipinski definition) is 4. The molecule has 1 aromatic carbocycles. The highest BCUT2D eigenvalue weighted by molar-refractivity contribution is 6.35. The number of benzene rings is 1. The van der Waals surface area contributed by atoms with E-state index in [-0.39, 0.29) is 5.28 Å². The molecule has 0 aliphatic carbocycles. The molecule has 88 valence electrons. The van der Waals surface area contributed by atoms with E-state index in [1.54, 1.807) is 18.2 Å². The van der Waals surface area contributed by atoms with Crippen molar-refractivity contribution >= 4 is 52.0 Å². The van der Waals surface area contributed by atoms with Crippen LogP contribution in [0.15, 0.2) is 24.4 Å². The Morgan fingerprint density at radius 2 is 1.94 bits per heavy atom. The number of halogens is 3. The third-order valence-corrected chi connectivity index (χ3v) is 2.72. The van der Waals surface area contributed by atoms with Crippen LogP contribution in [0.25, 0.3) is 0 Å². The van der Waals surface area contributed by atoms with Crippen LogP contribution in [0, 0.1) is 0 Å². The van der Waals surface area contributed by atoms with Gasteiger partial charge in [0.2, 0.25) is 5.28 Å². The van der Waals surface area contributed by atoms with Gasteiger partial charge in [-0.2, -0.15) is 4.98 Å². The summed E-state index contributed by atoms with van der Waals surface area (Å²) in [6, 6.07) is 5.02. The van der Waals surface area contributed by atoms with E-state index in [4.69, 9.17) is 40.5 Å². The van der Waals surface area contributed by atoms with Crippen molar-refractivity contribution in [3.05, 3.63) is 39.7 Å². The van der Waals surface area contributed by atoms with Crippen molar-refractivity contribution in [3.8, 4) is 0 Å². The molecule has 0 aliphatic rings. The molecule has 0 bridgehead atoms. The molecule has 0 atom stereocenters. The molecule has 0 radical (unpaired) electrons. The normalized spacial score (nSPS) is 10.3. The van der Waals surface area contributed by atoms with E-state index in [1.807, 2.05) is 0 Å². The second-order valence-electron chi connectivity index (χ2n) is 3.19. The van der Waals surface area contributed by atoms with Crippen LogP contribution in [0.1, 0.15) is 0 Å². The summed E-state index contributed by atoms with van der Waals surface area (Å²) in [7, 11) is 0. The van der Waals surface area contributed by atoms with Gasteiger partial charge in [-0.15, -0.1) is 0 Å². The lowest BCUT2D eigenvalue weighted by Gasteiger charge is -2.09. The fraction of sp³-hybridized carbons (Fsp3) is 0. The van der Waals surface area contributed by atoms with Gasteiger partial charge < -0.3 is 11.1 Å². The van der Waals surface area contributed by atoms with Crippen molar-refractivity contribution in [1.82, 2.24) is 9.97 Å². The maximum absolute atomic E-state index is 6.00. The zero-order valence-electron chi connectivity index (χ0n) is 8.42. The minimum atomic E-state index is 0.0971. The van der Waals surface area contributed by atoms with E-state index in [1.165, 1.54) is 6.20 Å². The van der Waals surface area contributed by atoms with E-state index in [0.717, 1.165) is 0 Å². The highest BCUT2D eigenvalue weighted by Crippen LogP contribution is 2.29. The second kappa shape index (κ2) is 4.96. The number of nitrogens with two attached hydrogens (primary N) is 1. The summed E-state index contributed by atoms with van der Waals surface area (Å²) in [6.07, 6.45) is 1.41. The van der Waals surface area contributed by atoms with E-state index >= 15 is 0 Å². The Kier molecular flexibility index (Phi) is 3.57. The zero-order chi connectivity index (χ0) is 12.4. The molecular formula is C10H7Cl3N4. The smallest absolute Gasteiger partial charge is 0.224 e. The standard InChI is InChI=1S/C10H7Cl3N4/c11-5-1-2-6(12)8(3-5)16-9-7(14)4-15-10(13)17-9/h1-4H,14H2,(H,15,16,17). The third-order valence-electron chi connectivity index (χ3n) is 1.97. The van der Waals surface area contributed by atoms with Crippen LogP contribution in [0.2, 0.25) is 15.3 Å². The van der Waals surface area contributed by atoms with Crippen LogP contribution in [-0.4, -0.2) is 9.97 Å². The first kappa shape index (κ1) is 12.2. The van der Waals surface area contributed by atoms with Gasteiger partial charge in [-0.3, -0.25) is 0 Å². The monoisotopic (exact) mass is 288 g/mol. The molecule has 17 heavy (non-hydrogen) atoms. The van der Waals surface area contributed by atoms with E-state index in [2.05, 4.69) is 15.3 Å². The molecular weight excluding hydrogens is 282 g/mol. The molecule has 3 N–H and O–H groups in total. The average Bonchev–Trinajstić information content (AvgIpc) is 2.28. The van der Waals surface area contributed by atoms with Crippen LogP contribution in [0.3, 0.4) is 0 Å². The Balaban J connectivity index is 2.37. The van der Waals surface area contributed by atoms with Crippen molar-refractivity contribution in [2.45, 2.75) is 0 Å². The van der Waals surface area contributed by atoms with Gasteiger partial charge in [-0.1, -0.05) is 23.2 Å². The molecule has 7 heteroatoms. The fourth-order valence-electron chi connectivity index (χ4n) is 1.19. The lowest BCUT2D eigenvalue weighted by atomic mass is 10.3. The Hall–Kier alpha value is -1.23. The zero-order valence-corrected chi connectivity index (χ0v) is 10.7. The van der Waals surface area contributed by atoms with Crippen molar-refractivity contribution in [2.24, 2.45) is 0 Å². The van der Waals surface area contributed by atoms with Crippen molar-refractivity contribution in [1.29, 1.82) is 0 Å². The summed E-state index contributed by atoms with van der Waals surface area (Å²) < 4.78 is 0. The Bertz CT molecular complexity index is 510. The number of aromatic nitrogens is 2. The molecule has 1 heterocycles. The van der Waals surface area contributed by atoms with Gasteiger partial charge in [0.1, 0.15) is 0 Å². The predicted octanol–water partition coefficient (Wildman–Crippen LogP) is 3.76. The topological polar surface area (TPSA) is 63.8 Å². The van der Waals surface area contributed by atoms with Crippen LogP contribution in [-0.2, 0) is 0 Å². The SMILES string of the molecule is Nc1cnc(Cl)nc1Nc1cc(Cl)ccc1Cl. The summed E-state index contributed by atoms with van der Waals surface area (Å²) in [6.45, 7) is 0. The Labute approximate surface area is 113 Å². The summed E-state index contributed by atoms with van der Waals surface area (Å²) in [5.74, 6) is 0.383. The quantitative estimate of drug-likeness (QED) is 0.826. The number of nitrogens with zero attached hydrogens (tertiary/aromatic N) is 2. The minimum Gasteiger partial charge on any atom is -0.394 e. The molecule has 0 aliphatic heterocycles. The Morgan fingerprint density at radius 3 is 2.71 bits per heavy atom. The summed E-state index contributed by atoms with van der Waals surface area (Å²) in [5.41, 5.74) is 6.67. The van der Waals surface area contributed by atoms with Crippen molar-refractivity contribution in [3.63, 3.8) is 0 Å². The average molecular weight is 290 g/mol. The second-order valence-corrected chi connectivity index (χ2v) is 4.37. The number of hydrogen-bond donors (Lipinski definition) is 2.